The van der Waals surface area contributed by atoms with Crippen LogP contribution >= 0.6 is 0 Å². The molecule has 1 atom stereocenters. The highest BCUT2D eigenvalue weighted by Crippen LogP contribution is 2.25. The lowest BCUT2D eigenvalue weighted by molar-refractivity contribution is 0.456. The summed E-state index contributed by atoms with van der Waals surface area (Å²) in [6, 6.07) is 14.4. The molecule has 0 spiro atoms. The van der Waals surface area contributed by atoms with Gasteiger partial charge in [0.1, 0.15) is 5.75 Å². The molecule has 2 heterocycles. The van der Waals surface area contributed by atoms with Crippen LogP contribution in [0.1, 0.15) is 30.1 Å². The van der Waals surface area contributed by atoms with Crippen molar-refractivity contribution < 1.29 is 4.74 Å². The molecular formula is C16H18N2O. The molecule has 0 radical (unpaired) electrons. The molecule has 0 amide bonds. The minimum absolute atomic E-state index is 0.376. The van der Waals surface area contributed by atoms with Crippen LogP contribution in [0, 0.1) is 6.92 Å². The maximum atomic E-state index is 5.79. The summed E-state index contributed by atoms with van der Waals surface area (Å²) in [4.78, 5) is 4.59. The van der Waals surface area contributed by atoms with Gasteiger partial charge in [0, 0.05) is 12.1 Å². The number of hydrogen-bond donors (Lipinski definition) is 1. The molecule has 0 bridgehead atoms. The minimum atomic E-state index is 0.376. The fourth-order valence-electron chi connectivity index (χ4n) is 2.35. The van der Waals surface area contributed by atoms with Crippen LogP contribution in [0.2, 0.25) is 0 Å². The first kappa shape index (κ1) is 12.2. The summed E-state index contributed by atoms with van der Waals surface area (Å²) in [6.45, 7) is 3.14. The van der Waals surface area contributed by atoms with E-state index in [1.165, 1.54) is 12.0 Å². The van der Waals surface area contributed by atoms with Gasteiger partial charge in [-0.1, -0.05) is 23.8 Å². The van der Waals surface area contributed by atoms with Gasteiger partial charge in [0.15, 0.2) is 0 Å². The summed E-state index contributed by atoms with van der Waals surface area (Å²) in [7, 11) is 0. The van der Waals surface area contributed by atoms with E-state index >= 15 is 0 Å². The van der Waals surface area contributed by atoms with E-state index in [0.29, 0.717) is 11.9 Å². The zero-order valence-electron chi connectivity index (χ0n) is 11.1. The van der Waals surface area contributed by atoms with Gasteiger partial charge < -0.3 is 10.1 Å². The van der Waals surface area contributed by atoms with Crippen molar-refractivity contribution in [2.45, 2.75) is 25.8 Å². The van der Waals surface area contributed by atoms with Crippen LogP contribution in [-0.4, -0.2) is 11.5 Å². The highest BCUT2D eigenvalue weighted by Gasteiger charge is 2.17. The van der Waals surface area contributed by atoms with Crippen molar-refractivity contribution in [2.75, 3.05) is 6.54 Å². The summed E-state index contributed by atoms with van der Waals surface area (Å²) < 4.78 is 5.79. The summed E-state index contributed by atoms with van der Waals surface area (Å²) in [5.74, 6) is 1.49. The maximum Gasteiger partial charge on any atom is 0.219 e. The number of ether oxygens (including phenoxy) is 1. The Kier molecular flexibility index (Phi) is 3.47. The van der Waals surface area contributed by atoms with Crippen LogP contribution in [-0.2, 0) is 0 Å². The number of nitrogens with zero attached hydrogens (tertiary/aromatic N) is 1. The van der Waals surface area contributed by atoms with E-state index in [0.717, 1.165) is 24.4 Å². The maximum absolute atomic E-state index is 5.79. The fraction of sp³-hybridized carbons (Fsp3) is 0.312. The van der Waals surface area contributed by atoms with E-state index in [9.17, 15) is 0 Å². The van der Waals surface area contributed by atoms with Crippen LogP contribution in [0.5, 0.6) is 11.6 Å². The summed E-state index contributed by atoms with van der Waals surface area (Å²) in [5, 5.41) is 3.45. The van der Waals surface area contributed by atoms with Crippen LogP contribution < -0.4 is 10.1 Å². The molecule has 1 N–H and O–H groups in total. The van der Waals surface area contributed by atoms with Gasteiger partial charge in [-0.05, 0) is 44.5 Å². The van der Waals surface area contributed by atoms with Crippen molar-refractivity contribution in [1.82, 2.24) is 10.3 Å². The normalized spacial score (nSPS) is 18.5. The molecule has 1 aromatic heterocycles. The summed E-state index contributed by atoms with van der Waals surface area (Å²) in [5.41, 5.74) is 2.30. The Hall–Kier alpha value is -1.87. The Morgan fingerprint density at radius 1 is 1.16 bits per heavy atom. The Labute approximate surface area is 113 Å². The number of benzene rings is 1. The molecule has 1 aromatic carbocycles. The molecular weight excluding hydrogens is 236 g/mol. The molecule has 0 unspecified atom stereocenters. The first-order chi connectivity index (χ1) is 9.31. The molecule has 3 rings (SSSR count). The highest BCUT2D eigenvalue weighted by atomic mass is 16.5. The standard InChI is InChI=1S/C16H18N2O/c1-12-7-9-13(10-8-12)19-16-6-2-4-15(18-16)14-5-3-11-17-14/h2,4,6-10,14,17H,3,5,11H2,1H3/t14-/m0/s1. The molecule has 2 aromatic rings. The third-order valence-corrected chi connectivity index (χ3v) is 3.41. The van der Waals surface area contributed by atoms with E-state index in [4.69, 9.17) is 4.74 Å². The minimum Gasteiger partial charge on any atom is -0.439 e. The molecule has 0 aliphatic carbocycles. The van der Waals surface area contributed by atoms with Gasteiger partial charge >= 0.3 is 0 Å². The van der Waals surface area contributed by atoms with Gasteiger partial charge in [-0.15, -0.1) is 0 Å². The highest BCUT2D eigenvalue weighted by molar-refractivity contribution is 5.30. The lowest BCUT2D eigenvalue weighted by Gasteiger charge is -2.11. The number of rotatable bonds is 3. The average Bonchev–Trinajstić information content (AvgIpc) is 2.96. The topological polar surface area (TPSA) is 34.1 Å². The average molecular weight is 254 g/mol. The van der Waals surface area contributed by atoms with Gasteiger partial charge in [0.2, 0.25) is 5.88 Å². The van der Waals surface area contributed by atoms with Crippen LogP contribution in [0.4, 0.5) is 0 Å². The number of aryl methyl sites for hydroxylation is 1. The van der Waals surface area contributed by atoms with E-state index in [1.807, 2.05) is 36.4 Å². The fourth-order valence-corrected chi connectivity index (χ4v) is 2.35. The second-order valence-electron chi connectivity index (χ2n) is 4.96. The van der Waals surface area contributed by atoms with E-state index in [2.05, 4.69) is 23.3 Å². The van der Waals surface area contributed by atoms with Gasteiger partial charge in [0.05, 0.1) is 5.69 Å². The third kappa shape index (κ3) is 2.93. The van der Waals surface area contributed by atoms with E-state index in [-0.39, 0.29) is 0 Å². The molecule has 19 heavy (non-hydrogen) atoms. The van der Waals surface area contributed by atoms with E-state index in [1.54, 1.807) is 0 Å². The third-order valence-electron chi connectivity index (χ3n) is 3.41. The van der Waals surface area contributed by atoms with Gasteiger partial charge in [-0.2, -0.15) is 0 Å². The van der Waals surface area contributed by atoms with Crippen molar-refractivity contribution in [1.29, 1.82) is 0 Å². The van der Waals surface area contributed by atoms with Crippen molar-refractivity contribution in [2.24, 2.45) is 0 Å². The van der Waals surface area contributed by atoms with Crippen molar-refractivity contribution in [3.63, 3.8) is 0 Å². The van der Waals surface area contributed by atoms with Gasteiger partial charge in [-0.3, -0.25) is 0 Å². The zero-order valence-corrected chi connectivity index (χ0v) is 11.1. The number of nitrogens with one attached hydrogen (secondary N) is 1. The first-order valence-corrected chi connectivity index (χ1v) is 6.76. The molecule has 98 valence electrons. The Bertz CT molecular complexity index is 545. The van der Waals surface area contributed by atoms with Crippen molar-refractivity contribution in [3.8, 4) is 11.6 Å². The molecule has 3 heteroatoms. The van der Waals surface area contributed by atoms with Crippen LogP contribution in [0.25, 0.3) is 0 Å². The van der Waals surface area contributed by atoms with Gasteiger partial charge in [0.25, 0.3) is 0 Å². The largest absolute Gasteiger partial charge is 0.439 e. The second kappa shape index (κ2) is 5.41. The van der Waals surface area contributed by atoms with Crippen LogP contribution in [0.15, 0.2) is 42.5 Å². The molecule has 0 saturated carbocycles. The van der Waals surface area contributed by atoms with Crippen molar-refractivity contribution >= 4 is 0 Å². The summed E-state index contributed by atoms with van der Waals surface area (Å²) in [6.07, 6.45) is 2.37. The number of pyridine rings is 1. The van der Waals surface area contributed by atoms with Crippen LogP contribution in [0.3, 0.4) is 0 Å². The smallest absolute Gasteiger partial charge is 0.219 e. The quantitative estimate of drug-likeness (QED) is 0.908. The number of hydrogen-bond acceptors (Lipinski definition) is 3. The lowest BCUT2D eigenvalue weighted by Crippen LogP contribution is -2.14. The molecule has 1 saturated heterocycles. The Morgan fingerprint density at radius 2 is 2.00 bits per heavy atom. The lowest BCUT2D eigenvalue weighted by atomic mass is 10.1. The second-order valence-corrected chi connectivity index (χ2v) is 4.96. The monoisotopic (exact) mass is 254 g/mol. The number of aromatic nitrogens is 1. The first-order valence-electron chi connectivity index (χ1n) is 6.76. The summed E-state index contributed by atoms with van der Waals surface area (Å²) >= 11 is 0. The van der Waals surface area contributed by atoms with E-state index < -0.39 is 0 Å². The predicted molar refractivity (Wildman–Crippen MR) is 75.5 cm³/mol. The molecule has 1 aliphatic heterocycles. The molecule has 3 nitrogen and oxygen atoms in total. The molecule has 1 aliphatic rings. The predicted octanol–water partition coefficient (Wildman–Crippen LogP) is 3.61. The SMILES string of the molecule is Cc1ccc(Oc2cccc([C@@H]3CCCN3)n2)cc1. The Morgan fingerprint density at radius 3 is 2.74 bits per heavy atom. The van der Waals surface area contributed by atoms with Gasteiger partial charge in [-0.25, -0.2) is 4.98 Å². The Balaban J connectivity index is 1.77. The molecule has 1 fully saturated rings. The zero-order chi connectivity index (χ0) is 13.1. The van der Waals surface area contributed by atoms with Crippen molar-refractivity contribution in [3.05, 3.63) is 53.7 Å².